The first-order valence-corrected chi connectivity index (χ1v) is 10.1. The van der Waals surface area contributed by atoms with Gasteiger partial charge >= 0.3 is 0 Å². The van der Waals surface area contributed by atoms with Crippen LogP contribution >= 0.6 is 35.0 Å². The van der Waals surface area contributed by atoms with E-state index in [-0.39, 0.29) is 29.3 Å². The van der Waals surface area contributed by atoms with Crippen LogP contribution in [0.1, 0.15) is 12.8 Å². The monoisotopic (exact) mass is 468 g/mol. The van der Waals surface area contributed by atoms with Gasteiger partial charge < -0.3 is 14.5 Å². The summed E-state index contributed by atoms with van der Waals surface area (Å²) in [6.45, 7) is 1.63. The average molecular weight is 469 g/mol. The van der Waals surface area contributed by atoms with E-state index in [0.29, 0.717) is 21.5 Å². The van der Waals surface area contributed by atoms with Gasteiger partial charge in [0.1, 0.15) is 5.75 Å². The molecule has 1 aromatic heterocycles. The lowest BCUT2D eigenvalue weighted by atomic mass is 10.2. The second-order valence-corrected chi connectivity index (χ2v) is 8.02. The number of hydrogen-bond acceptors (Lipinski definition) is 8. The Bertz CT molecular complexity index is 1080. The first-order chi connectivity index (χ1) is 14.3. The third kappa shape index (κ3) is 5.85. The zero-order valence-corrected chi connectivity index (χ0v) is 17.7. The van der Waals surface area contributed by atoms with Crippen LogP contribution in [0.3, 0.4) is 0 Å². The van der Waals surface area contributed by atoms with Crippen molar-refractivity contribution in [3.63, 3.8) is 0 Å². The molecule has 30 heavy (non-hydrogen) atoms. The van der Waals surface area contributed by atoms with Crippen molar-refractivity contribution in [2.75, 3.05) is 5.32 Å². The van der Waals surface area contributed by atoms with E-state index in [9.17, 15) is 14.9 Å². The lowest BCUT2D eigenvalue weighted by Gasteiger charge is -2.09. The van der Waals surface area contributed by atoms with Gasteiger partial charge in [-0.25, -0.2) is 0 Å². The Balaban J connectivity index is 1.55. The lowest BCUT2D eigenvalue weighted by Crippen LogP contribution is -2.22. The van der Waals surface area contributed by atoms with Crippen molar-refractivity contribution >= 4 is 52.2 Å². The largest absolute Gasteiger partial charge is 0.482 e. The molecule has 0 saturated carbocycles. The van der Waals surface area contributed by atoms with Crippen LogP contribution in [0.15, 0.2) is 52.1 Å². The SMILES string of the molecule is C[C@H](Sc1nnc(COc2ccc(Cl)cc2Cl)o1)C(=O)Nc1cccc([N+](=O)[O-])c1. The van der Waals surface area contributed by atoms with E-state index in [2.05, 4.69) is 15.5 Å². The van der Waals surface area contributed by atoms with Gasteiger partial charge in [-0.3, -0.25) is 14.9 Å². The number of nitrogens with one attached hydrogen (secondary N) is 1. The Morgan fingerprint density at radius 1 is 1.30 bits per heavy atom. The summed E-state index contributed by atoms with van der Waals surface area (Å²) in [5, 5.41) is 21.6. The first-order valence-electron chi connectivity index (χ1n) is 8.44. The number of non-ortho nitro benzene ring substituents is 1. The molecule has 9 nitrogen and oxygen atoms in total. The summed E-state index contributed by atoms with van der Waals surface area (Å²) in [4.78, 5) is 22.6. The van der Waals surface area contributed by atoms with Crippen LogP contribution in [0.25, 0.3) is 0 Å². The molecule has 12 heteroatoms. The number of amides is 1. The molecule has 0 fully saturated rings. The van der Waals surface area contributed by atoms with Crippen LogP contribution in [-0.2, 0) is 11.4 Å². The van der Waals surface area contributed by atoms with Crippen LogP contribution in [0.5, 0.6) is 5.75 Å². The highest BCUT2D eigenvalue weighted by atomic mass is 35.5. The number of halogens is 2. The molecule has 156 valence electrons. The number of nitro groups is 1. The molecule has 0 spiro atoms. The number of ether oxygens (including phenoxy) is 1. The Labute approximate surface area is 184 Å². The first kappa shape index (κ1) is 21.9. The molecule has 0 aliphatic heterocycles. The molecule has 1 heterocycles. The van der Waals surface area contributed by atoms with Gasteiger partial charge in [-0.2, -0.15) is 0 Å². The van der Waals surface area contributed by atoms with Crippen molar-refractivity contribution < 1.29 is 18.9 Å². The second-order valence-electron chi connectivity index (χ2n) is 5.88. The summed E-state index contributed by atoms with van der Waals surface area (Å²) in [6, 6.07) is 10.5. The van der Waals surface area contributed by atoms with Crippen molar-refractivity contribution in [1.29, 1.82) is 0 Å². The Hall–Kier alpha value is -2.82. The molecule has 3 aromatic rings. The minimum Gasteiger partial charge on any atom is -0.482 e. The minimum atomic E-state index is -0.593. The summed E-state index contributed by atoms with van der Waals surface area (Å²) in [5.41, 5.74) is 0.205. The third-order valence-electron chi connectivity index (χ3n) is 3.66. The Kier molecular flexibility index (Phi) is 7.14. The molecule has 3 rings (SSSR count). The number of carbonyl (C=O) groups is 1. The maximum atomic E-state index is 12.3. The summed E-state index contributed by atoms with van der Waals surface area (Å²) in [5.74, 6) is 0.248. The van der Waals surface area contributed by atoms with Crippen molar-refractivity contribution in [1.82, 2.24) is 10.2 Å². The fourth-order valence-corrected chi connectivity index (χ4v) is 3.39. The second kappa shape index (κ2) is 9.79. The van der Waals surface area contributed by atoms with E-state index in [1.165, 1.54) is 18.2 Å². The third-order valence-corrected chi connectivity index (χ3v) is 5.13. The highest BCUT2D eigenvalue weighted by molar-refractivity contribution is 8.00. The molecule has 1 amide bonds. The number of anilines is 1. The van der Waals surface area contributed by atoms with Crippen LogP contribution in [0, 0.1) is 10.1 Å². The molecular weight excluding hydrogens is 455 g/mol. The van der Waals surface area contributed by atoms with E-state index in [1.807, 2.05) is 0 Å². The zero-order chi connectivity index (χ0) is 21.7. The number of nitrogens with zero attached hydrogens (tertiary/aromatic N) is 3. The number of aromatic nitrogens is 2. The molecule has 0 bridgehead atoms. The molecule has 2 aromatic carbocycles. The number of hydrogen-bond donors (Lipinski definition) is 1. The smallest absolute Gasteiger partial charge is 0.277 e. The summed E-state index contributed by atoms with van der Waals surface area (Å²) >= 11 is 12.9. The average Bonchev–Trinajstić information content (AvgIpc) is 3.14. The van der Waals surface area contributed by atoms with Crippen LogP contribution < -0.4 is 10.1 Å². The van der Waals surface area contributed by atoms with E-state index in [4.69, 9.17) is 32.4 Å². The number of benzene rings is 2. The van der Waals surface area contributed by atoms with E-state index < -0.39 is 10.2 Å². The molecule has 1 N–H and O–H groups in total. The number of nitro benzene ring substituents is 1. The van der Waals surface area contributed by atoms with Gasteiger partial charge in [-0.1, -0.05) is 41.0 Å². The number of carbonyl (C=O) groups excluding carboxylic acids is 1. The zero-order valence-electron chi connectivity index (χ0n) is 15.4. The number of thioether (sulfide) groups is 1. The van der Waals surface area contributed by atoms with Crippen molar-refractivity contribution in [2.24, 2.45) is 0 Å². The molecule has 0 aliphatic carbocycles. The lowest BCUT2D eigenvalue weighted by molar-refractivity contribution is -0.384. The predicted octanol–water partition coefficient (Wildman–Crippen LogP) is 4.98. The molecule has 0 saturated heterocycles. The van der Waals surface area contributed by atoms with E-state index >= 15 is 0 Å². The van der Waals surface area contributed by atoms with E-state index in [1.54, 1.807) is 31.2 Å². The number of rotatable bonds is 8. The van der Waals surface area contributed by atoms with Crippen molar-refractivity contribution in [3.05, 3.63) is 68.5 Å². The molecule has 0 unspecified atom stereocenters. The standard InChI is InChI=1S/C18H14Cl2N4O5S/c1-10(17(25)21-12-3-2-4-13(8-12)24(26)27)30-18-23-22-16(29-18)9-28-15-6-5-11(19)7-14(15)20/h2-8,10H,9H2,1H3,(H,21,25)/t10-/m0/s1. The highest BCUT2D eigenvalue weighted by Crippen LogP contribution is 2.29. The van der Waals surface area contributed by atoms with Gasteiger partial charge in [-0.15, -0.1) is 10.2 Å². The van der Waals surface area contributed by atoms with Gasteiger partial charge in [-0.05, 0) is 31.2 Å². The maximum Gasteiger partial charge on any atom is 0.277 e. The highest BCUT2D eigenvalue weighted by Gasteiger charge is 2.19. The fourth-order valence-electron chi connectivity index (χ4n) is 2.22. The van der Waals surface area contributed by atoms with Gasteiger partial charge in [0.2, 0.25) is 5.91 Å². The minimum absolute atomic E-state index is 0.0107. The predicted molar refractivity (Wildman–Crippen MR) is 112 cm³/mol. The van der Waals surface area contributed by atoms with Gasteiger partial charge in [0.25, 0.3) is 16.8 Å². The molecule has 1 atom stereocenters. The molecule has 0 aliphatic rings. The van der Waals surface area contributed by atoms with Gasteiger partial charge in [0.15, 0.2) is 6.61 Å². The van der Waals surface area contributed by atoms with Gasteiger partial charge in [0, 0.05) is 22.8 Å². The fraction of sp³-hybridized carbons (Fsp3) is 0.167. The maximum absolute atomic E-state index is 12.3. The molecular formula is C18H14Cl2N4O5S. The van der Waals surface area contributed by atoms with Crippen molar-refractivity contribution in [2.45, 2.75) is 24.0 Å². The summed E-state index contributed by atoms with van der Waals surface area (Å²) in [6.07, 6.45) is 0. The van der Waals surface area contributed by atoms with Crippen LogP contribution in [0.4, 0.5) is 11.4 Å². The van der Waals surface area contributed by atoms with E-state index in [0.717, 1.165) is 11.8 Å². The van der Waals surface area contributed by atoms with Crippen LogP contribution in [-0.4, -0.2) is 26.3 Å². The quantitative estimate of drug-likeness (QED) is 0.279. The summed E-state index contributed by atoms with van der Waals surface area (Å²) < 4.78 is 11.0. The molecule has 0 radical (unpaired) electrons. The van der Waals surface area contributed by atoms with Crippen molar-refractivity contribution in [3.8, 4) is 5.75 Å². The Morgan fingerprint density at radius 3 is 2.83 bits per heavy atom. The normalized spacial score (nSPS) is 11.7. The van der Waals surface area contributed by atoms with Crippen LogP contribution in [0.2, 0.25) is 10.0 Å². The summed E-state index contributed by atoms with van der Waals surface area (Å²) in [7, 11) is 0. The van der Waals surface area contributed by atoms with Gasteiger partial charge in [0.05, 0.1) is 15.2 Å². The topological polar surface area (TPSA) is 120 Å². The Morgan fingerprint density at radius 2 is 2.10 bits per heavy atom.